The Hall–Kier alpha value is -1.86. The summed E-state index contributed by atoms with van der Waals surface area (Å²) in [6.45, 7) is 6.48. The molecule has 0 aliphatic rings. The van der Waals surface area contributed by atoms with Crippen LogP contribution in [-0.4, -0.2) is 47.6 Å². The molecule has 0 aliphatic heterocycles. The molecule has 24 heavy (non-hydrogen) atoms. The predicted octanol–water partition coefficient (Wildman–Crippen LogP) is 2.98. The maximum absolute atomic E-state index is 6.01. The highest BCUT2D eigenvalue weighted by molar-refractivity contribution is 7.09. The Morgan fingerprint density at radius 1 is 1.50 bits per heavy atom. The monoisotopic (exact) mass is 367 g/mol. The van der Waals surface area contributed by atoms with Crippen LogP contribution < -0.4 is 10.1 Å². The number of nitrogens with one attached hydrogen (secondary N) is 1. The summed E-state index contributed by atoms with van der Waals surface area (Å²) in [6, 6.07) is 3.52. The Labute approximate surface area is 151 Å². The number of aromatic nitrogens is 2. The van der Waals surface area contributed by atoms with Gasteiger partial charge in [-0.2, -0.15) is 0 Å². The third-order valence-corrected chi connectivity index (χ3v) is 4.19. The van der Waals surface area contributed by atoms with Crippen LogP contribution in [0.1, 0.15) is 17.6 Å². The Morgan fingerprint density at radius 3 is 3.00 bits per heavy atom. The van der Waals surface area contributed by atoms with E-state index >= 15 is 0 Å². The lowest BCUT2D eigenvalue weighted by molar-refractivity contribution is 0.315. The van der Waals surface area contributed by atoms with Gasteiger partial charge in [-0.25, -0.2) is 15.0 Å². The van der Waals surface area contributed by atoms with Crippen LogP contribution in [0.3, 0.4) is 0 Å². The number of halogens is 1. The lowest BCUT2D eigenvalue weighted by Gasteiger charge is -2.21. The third kappa shape index (κ3) is 5.65. The highest BCUT2D eigenvalue weighted by atomic mass is 35.5. The molecule has 0 fully saturated rings. The molecular weight excluding hydrogens is 346 g/mol. The summed E-state index contributed by atoms with van der Waals surface area (Å²) in [5.74, 6) is 1.25. The molecule has 0 saturated carbocycles. The fourth-order valence-electron chi connectivity index (χ4n) is 2.04. The van der Waals surface area contributed by atoms with Gasteiger partial charge < -0.3 is 15.0 Å². The van der Waals surface area contributed by atoms with E-state index in [0.29, 0.717) is 30.6 Å². The highest BCUT2D eigenvalue weighted by Crippen LogP contribution is 2.19. The van der Waals surface area contributed by atoms with Crippen molar-refractivity contribution in [1.82, 2.24) is 20.2 Å². The maximum atomic E-state index is 6.01. The van der Waals surface area contributed by atoms with E-state index in [1.807, 2.05) is 25.8 Å². The van der Waals surface area contributed by atoms with E-state index in [4.69, 9.17) is 16.3 Å². The largest absolute Gasteiger partial charge is 0.475 e. The van der Waals surface area contributed by atoms with E-state index < -0.39 is 0 Å². The summed E-state index contributed by atoms with van der Waals surface area (Å²) in [4.78, 5) is 15.2. The number of thiazole rings is 1. The Bertz CT molecular complexity index is 676. The van der Waals surface area contributed by atoms with Crippen LogP contribution in [0, 0.1) is 6.92 Å². The van der Waals surface area contributed by atoms with Gasteiger partial charge in [0.05, 0.1) is 23.8 Å². The molecule has 0 saturated heterocycles. The van der Waals surface area contributed by atoms with Crippen LogP contribution in [0.4, 0.5) is 0 Å². The smallest absolute Gasteiger partial charge is 0.232 e. The predicted molar refractivity (Wildman–Crippen MR) is 99.0 cm³/mol. The minimum atomic E-state index is 0.412. The zero-order valence-electron chi connectivity index (χ0n) is 14.1. The number of pyridine rings is 1. The van der Waals surface area contributed by atoms with Crippen molar-refractivity contribution in [1.29, 1.82) is 0 Å². The van der Waals surface area contributed by atoms with Crippen molar-refractivity contribution >= 4 is 28.9 Å². The number of aryl methyl sites for hydroxylation is 1. The fraction of sp³-hybridized carbons (Fsp3) is 0.438. The van der Waals surface area contributed by atoms with Crippen molar-refractivity contribution in [2.45, 2.75) is 20.4 Å². The van der Waals surface area contributed by atoms with Crippen LogP contribution in [-0.2, 0) is 6.54 Å². The molecule has 0 bridgehead atoms. The van der Waals surface area contributed by atoms with Gasteiger partial charge in [0.2, 0.25) is 5.88 Å². The Kier molecular flexibility index (Phi) is 7.27. The Balaban J connectivity index is 1.88. The first-order chi connectivity index (χ1) is 11.6. The minimum absolute atomic E-state index is 0.412. The maximum Gasteiger partial charge on any atom is 0.232 e. The lowest BCUT2D eigenvalue weighted by atomic mass is 10.4. The quantitative estimate of drug-likeness (QED) is 0.463. The van der Waals surface area contributed by atoms with Crippen LogP contribution in [0.5, 0.6) is 5.88 Å². The van der Waals surface area contributed by atoms with Crippen molar-refractivity contribution in [3.05, 3.63) is 39.4 Å². The first-order valence-corrected chi connectivity index (χ1v) is 8.99. The van der Waals surface area contributed by atoms with E-state index in [0.717, 1.165) is 23.2 Å². The molecule has 0 aliphatic carbocycles. The van der Waals surface area contributed by atoms with Crippen LogP contribution >= 0.6 is 22.9 Å². The van der Waals surface area contributed by atoms with Crippen molar-refractivity contribution in [2.24, 2.45) is 4.99 Å². The minimum Gasteiger partial charge on any atom is -0.475 e. The second-order valence-corrected chi connectivity index (χ2v) is 6.56. The summed E-state index contributed by atoms with van der Waals surface area (Å²) >= 11 is 7.66. The van der Waals surface area contributed by atoms with E-state index in [2.05, 4.69) is 25.7 Å². The van der Waals surface area contributed by atoms with E-state index in [1.165, 1.54) is 0 Å². The third-order valence-electron chi connectivity index (χ3n) is 3.08. The second-order valence-electron chi connectivity index (χ2n) is 5.09. The molecule has 0 spiro atoms. The van der Waals surface area contributed by atoms with Crippen LogP contribution in [0.15, 0.2) is 28.7 Å². The van der Waals surface area contributed by atoms with Gasteiger partial charge in [0, 0.05) is 25.2 Å². The van der Waals surface area contributed by atoms with Crippen molar-refractivity contribution in [2.75, 3.05) is 26.7 Å². The first-order valence-electron chi connectivity index (χ1n) is 7.74. The number of aliphatic imine (C=N–C) groups is 1. The van der Waals surface area contributed by atoms with Gasteiger partial charge in [0.25, 0.3) is 0 Å². The van der Waals surface area contributed by atoms with Gasteiger partial charge in [-0.05, 0) is 26.0 Å². The van der Waals surface area contributed by atoms with Gasteiger partial charge in [-0.15, -0.1) is 11.3 Å². The second kappa shape index (κ2) is 9.44. The van der Waals surface area contributed by atoms with Gasteiger partial charge in [0.1, 0.15) is 11.6 Å². The molecule has 2 heterocycles. The standard InChI is InChI=1S/C16H22ClN5OS/c1-4-18-16(22(3)10-13-11-24-12(2)21-13)20-8-9-23-15-14(17)6-5-7-19-15/h5-7,11H,4,8-10H2,1-3H3,(H,18,20). The molecule has 130 valence electrons. The van der Waals surface area contributed by atoms with Gasteiger partial charge in [-0.1, -0.05) is 11.6 Å². The fourth-order valence-corrected chi connectivity index (χ4v) is 2.82. The molecule has 0 aromatic carbocycles. The molecule has 0 radical (unpaired) electrons. The number of rotatable bonds is 7. The molecule has 0 amide bonds. The average molecular weight is 368 g/mol. The van der Waals surface area contributed by atoms with Gasteiger partial charge >= 0.3 is 0 Å². The van der Waals surface area contributed by atoms with Crippen molar-refractivity contribution in [3.63, 3.8) is 0 Å². The molecule has 6 nitrogen and oxygen atoms in total. The number of nitrogens with zero attached hydrogens (tertiary/aromatic N) is 4. The number of ether oxygens (including phenoxy) is 1. The zero-order chi connectivity index (χ0) is 17.4. The van der Waals surface area contributed by atoms with Crippen LogP contribution in [0.25, 0.3) is 0 Å². The highest BCUT2D eigenvalue weighted by Gasteiger charge is 2.08. The van der Waals surface area contributed by atoms with E-state index in [1.54, 1.807) is 29.7 Å². The average Bonchev–Trinajstić information content (AvgIpc) is 2.96. The van der Waals surface area contributed by atoms with E-state index in [-0.39, 0.29) is 0 Å². The molecule has 2 aromatic heterocycles. The molecular formula is C16H22ClN5OS. The molecule has 8 heteroatoms. The van der Waals surface area contributed by atoms with Crippen LogP contribution in [0.2, 0.25) is 5.02 Å². The topological polar surface area (TPSA) is 62.6 Å². The summed E-state index contributed by atoms with van der Waals surface area (Å²) in [5, 5.41) is 6.92. The Morgan fingerprint density at radius 2 is 2.33 bits per heavy atom. The molecule has 0 atom stereocenters. The summed E-state index contributed by atoms with van der Waals surface area (Å²) in [6.07, 6.45) is 1.65. The number of hydrogen-bond acceptors (Lipinski definition) is 5. The summed E-state index contributed by atoms with van der Waals surface area (Å²) in [7, 11) is 1.99. The molecule has 2 aromatic rings. The SMILES string of the molecule is CCNC(=NCCOc1ncccc1Cl)N(C)Cc1csc(C)n1. The van der Waals surface area contributed by atoms with Gasteiger partial charge in [-0.3, -0.25) is 0 Å². The normalized spacial score (nSPS) is 11.4. The molecule has 0 unspecified atom stereocenters. The number of guanidine groups is 1. The lowest BCUT2D eigenvalue weighted by Crippen LogP contribution is -2.38. The van der Waals surface area contributed by atoms with E-state index in [9.17, 15) is 0 Å². The number of hydrogen-bond donors (Lipinski definition) is 1. The van der Waals surface area contributed by atoms with Crippen molar-refractivity contribution in [3.8, 4) is 5.88 Å². The summed E-state index contributed by atoms with van der Waals surface area (Å²) < 4.78 is 5.56. The molecule has 2 rings (SSSR count). The van der Waals surface area contributed by atoms with Crippen molar-refractivity contribution < 1.29 is 4.74 Å². The van der Waals surface area contributed by atoms with Gasteiger partial charge in [0.15, 0.2) is 5.96 Å². The zero-order valence-corrected chi connectivity index (χ0v) is 15.7. The first kappa shape index (κ1) is 18.5. The summed E-state index contributed by atoms with van der Waals surface area (Å²) in [5.41, 5.74) is 1.04. The molecule has 1 N–H and O–H groups in total.